The summed E-state index contributed by atoms with van der Waals surface area (Å²) in [6.45, 7) is 6.40. The van der Waals surface area contributed by atoms with E-state index in [0.29, 0.717) is 5.57 Å². The summed E-state index contributed by atoms with van der Waals surface area (Å²) in [7, 11) is 0. The fourth-order valence-corrected chi connectivity index (χ4v) is 2.26. The van der Waals surface area contributed by atoms with Crippen LogP contribution in [0.2, 0.25) is 0 Å². The summed E-state index contributed by atoms with van der Waals surface area (Å²) < 4.78 is 0. The Kier molecular flexibility index (Phi) is 2.38. The van der Waals surface area contributed by atoms with Gasteiger partial charge in [0.2, 0.25) is 0 Å². The van der Waals surface area contributed by atoms with Crippen molar-refractivity contribution in [2.24, 2.45) is 5.41 Å². The first kappa shape index (κ1) is 10.9. The minimum atomic E-state index is -0.834. The highest BCUT2D eigenvalue weighted by molar-refractivity contribution is 6.17. The third-order valence-corrected chi connectivity index (χ3v) is 3.08. The van der Waals surface area contributed by atoms with Crippen LogP contribution in [0.3, 0.4) is 0 Å². The van der Waals surface area contributed by atoms with Gasteiger partial charge in [0.25, 0.3) is 0 Å². The lowest BCUT2D eigenvalue weighted by atomic mass is 9.78. The van der Waals surface area contributed by atoms with Crippen molar-refractivity contribution >= 4 is 11.5 Å². The zero-order valence-electron chi connectivity index (χ0n) is 9.82. The summed E-state index contributed by atoms with van der Waals surface area (Å²) in [5, 5.41) is 9.18. The molecule has 2 nitrogen and oxygen atoms in total. The monoisotopic (exact) mass is 216 g/mol. The van der Waals surface area contributed by atoms with E-state index in [-0.39, 0.29) is 11.3 Å². The summed E-state index contributed by atoms with van der Waals surface area (Å²) >= 11 is 0. The molecule has 1 N–H and O–H groups in total. The first-order valence-corrected chi connectivity index (χ1v) is 5.45. The van der Waals surface area contributed by atoms with E-state index in [1.54, 1.807) is 0 Å². The molecule has 0 amide bonds. The van der Waals surface area contributed by atoms with E-state index in [0.717, 1.165) is 11.1 Å². The van der Waals surface area contributed by atoms with Crippen LogP contribution in [-0.4, -0.2) is 11.1 Å². The lowest BCUT2D eigenvalue weighted by Gasteiger charge is -2.26. The van der Waals surface area contributed by atoms with Gasteiger partial charge in [-0.3, -0.25) is 0 Å². The fraction of sp³-hybridized carbons (Fsp3) is 0.357. The molecular weight excluding hydrogens is 200 g/mol. The number of carbonyl (C=O) groups is 1. The fourth-order valence-electron chi connectivity index (χ4n) is 2.26. The molecule has 0 radical (unpaired) electrons. The maximum atomic E-state index is 11.2. The van der Waals surface area contributed by atoms with Crippen LogP contribution in [0.25, 0.3) is 5.57 Å². The SMILES string of the molecule is CC(C)(C)C1C=C(C(=O)O)c2ccccc21. The summed E-state index contributed by atoms with van der Waals surface area (Å²) in [6, 6.07) is 7.77. The van der Waals surface area contributed by atoms with Crippen molar-refractivity contribution < 1.29 is 9.90 Å². The smallest absolute Gasteiger partial charge is 0.335 e. The van der Waals surface area contributed by atoms with E-state index in [2.05, 4.69) is 20.8 Å². The molecule has 1 aliphatic carbocycles. The largest absolute Gasteiger partial charge is 0.478 e. The Hall–Kier alpha value is -1.57. The summed E-state index contributed by atoms with van der Waals surface area (Å²) in [5.41, 5.74) is 2.49. The first-order valence-electron chi connectivity index (χ1n) is 5.45. The van der Waals surface area contributed by atoms with Gasteiger partial charge in [-0.2, -0.15) is 0 Å². The molecule has 0 saturated heterocycles. The summed E-state index contributed by atoms with van der Waals surface area (Å²) in [6.07, 6.45) is 1.88. The van der Waals surface area contributed by atoms with E-state index < -0.39 is 5.97 Å². The number of carboxylic acids is 1. The minimum absolute atomic E-state index is 0.0489. The van der Waals surface area contributed by atoms with Crippen LogP contribution in [0.4, 0.5) is 0 Å². The quantitative estimate of drug-likeness (QED) is 0.782. The molecule has 0 bridgehead atoms. The Balaban J connectivity index is 2.58. The molecule has 2 heteroatoms. The number of fused-ring (bicyclic) bond motifs is 1. The molecule has 16 heavy (non-hydrogen) atoms. The van der Waals surface area contributed by atoms with Crippen LogP contribution < -0.4 is 0 Å². The molecule has 1 atom stereocenters. The van der Waals surface area contributed by atoms with Gasteiger partial charge in [-0.1, -0.05) is 51.1 Å². The van der Waals surface area contributed by atoms with Crippen LogP contribution >= 0.6 is 0 Å². The highest BCUT2D eigenvalue weighted by Gasteiger charge is 2.33. The number of aliphatic carboxylic acids is 1. The topological polar surface area (TPSA) is 37.3 Å². The van der Waals surface area contributed by atoms with Crippen molar-refractivity contribution in [3.63, 3.8) is 0 Å². The van der Waals surface area contributed by atoms with Crippen LogP contribution in [0.5, 0.6) is 0 Å². The number of benzene rings is 1. The highest BCUT2D eigenvalue weighted by Crippen LogP contribution is 2.45. The Morgan fingerprint density at radius 1 is 1.25 bits per heavy atom. The Morgan fingerprint density at radius 3 is 2.44 bits per heavy atom. The molecule has 0 heterocycles. The second kappa shape index (κ2) is 3.48. The van der Waals surface area contributed by atoms with Gasteiger partial charge in [0.05, 0.1) is 5.57 Å². The molecule has 1 aliphatic rings. The number of rotatable bonds is 1. The summed E-state index contributed by atoms with van der Waals surface area (Å²) in [5.74, 6) is -0.644. The normalized spacial score (nSPS) is 19.2. The molecule has 1 aromatic rings. The second-order valence-corrected chi connectivity index (χ2v) is 5.32. The number of hydrogen-bond acceptors (Lipinski definition) is 1. The third-order valence-electron chi connectivity index (χ3n) is 3.08. The average molecular weight is 216 g/mol. The molecule has 0 aliphatic heterocycles. The third kappa shape index (κ3) is 1.64. The van der Waals surface area contributed by atoms with Crippen LogP contribution in [0, 0.1) is 5.41 Å². The molecular formula is C14H16O2. The van der Waals surface area contributed by atoms with Gasteiger partial charge in [-0.25, -0.2) is 4.79 Å². The van der Waals surface area contributed by atoms with Crippen molar-refractivity contribution in [2.45, 2.75) is 26.7 Å². The van der Waals surface area contributed by atoms with Gasteiger partial charge in [-0.05, 0) is 16.5 Å². The van der Waals surface area contributed by atoms with Crippen LogP contribution in [0.1, 0.15) is 37.8 Å². The Bertz CT molecular complexity index is 464. The van der Waals surface area contributed by atoms with E-state index in [1.807, 2.05) is 30.3 Å². The number of hydrogen-bond donors (Lipinski definition) is 1. The zero-order valence-corrected chi connectivity index (χ0v) is 9.82. The van der Waals surface area contributed by atoms with E-state index in [1.165, 1.54) is 0 Å². The van der Waals surface area contributed by atoms with Gasteiger partial charge < -0.3 is 5.11 Å². The lowest BCUT2D eigenvalue weighted by Crippen LogP contribution is -2.14. The maximum Gasteiger partial charge on any atom is 0.335 e. The van der Waals surface area contributed by atoms with Gasteiger partial charge in [0, 0.05) is 5.92 Å². The molecule has 0 fully saturated rings. The van der Waals surface area contributed by atoms with Gasteiger partial charge >= 0.3 is 5.97 Å². The molecule has 0 spiro atoms. The van der Waals surface area contributed by atoms with Gasteiger partial charge in [-0.15, -0.1) is 0 Å². The standard InChI is InChI=1S/C14H16O2/c1-14(2,3)12-8-11(13(15)16)9-6-4-5-7-10(9)12/h4-8,12H,1-3H3,(H,15,16). The van der Waals surface area contributed by atoms with E-state index >= 15 is 0 Å². The lowest BCUT2D eigenvalue weighted by molar-refractivity contribution is -0.130. The Labute approximate surface area is 95.6 Å². The van der Waals surface area contributed by atoms with Crippen LogP contribution in [-0.2, 0) is 4.79 Å². The van der Waals surface area contributed by atoms with Crippen molar-refractivity contribution in [1.82, 2.24) is 0 Å². The molecule has 0 aromatic heterocycles. The minimum Gasteiger partial charge on any atom is -0.478 e. The Morgan fingerprint density at radius 2 is 1.88 bits per heavy atom. The van der Waals surface area contributed by atoms with Crippen LogP contribution in [0.15, 0.2) is 30.3 Å². The van der Waals surface area contributed by atoms with Crippen molar-refractivity contribution in [3.05, 3.63) is 41.5 Å². The molecule has 84 valence electrons. The molecule has 0 saturated carbocycles. The van der Waals surface area contributed by atoms with E-state index in [4.69, 9.17) is 0 Å². The molecule has 1 aromatic carbocycles. The van der Waals surface area contributed by atoms with Gasteiger partial charge in [0.1, 0.15) is 0 Å². The predicted octanol–water partition coefficient (Wildman–Crippen LogP) is 3.30. The second-order valence-electron chi connectivity index (χ2n) is 5.32. The molecule has 2 rings (SSSR count). The van der Waals surface area contributed by atoms with Gasteiger partial charge in [0.15, 0.2) is 0 Å². The summed E-state index contributed by atoms with van der Waals surface area (Å²) in [4.78, 5) is 11.2. The number of allylic oxidation sites excluding steroid dienone is 1. The zero-order chi connectivity index (χ0) is 11.9. The van der Waals surface area contributed by atoms with Crippen molar-refractivity contribution in [1.29, 1.82) is 0 Å². The highest BCUT2D eigenvalue weighted by atomic mass is 16.4. The van der Waals surface area contributed by atoms with Crippen molar-refractivity contribution in [3.8, 4) is 0 Å². The van der Waals surface area contributed by atoms with Crippen molar-refractivity contribution in [2.75, 3.05) is 0 Å². The predicted molar refractivity (Wildman–Crippen MR) is 64.3 cm³/mol. The molecule has 1 unspecified atom stereocenters. The van der Waals surface area contributed by atoms with E-state index in [9.17, 15) is 9.90 Å². The maximum absolute atomic E-state index is 11.2. The number of carboxylic acid groups (broad SMARTS) is 1. The average Bonchev–Trinajstić information content (AvgIpc) is 2.56. The first-order chi connectivity index (χ1) is 7.41.